The van der Waals surface area contributed by atoms with E-state index in [0.29, 0.717) is 38.8 Å². The number of halogens is 4. The number of carboxylic acids is 1. The number of rotatable bonds is 13. The first-order chi connectivity index (χ1) is 18.4. The molecule has 0 heterocycles. The number of likely N-dealkylation sites (N-methyl/N-ethyl adjacent to an activating group) is 1. The molecular weight excluding hydrogens is 520 g/mol. The van der Waals surface area contributed by atoms with Crippen molar-refractivity contribution in [3.8, 4) is 0 Å². The maximum Gasteiger partial charge on any atom is 0.490 e. The molecule has 2 rings (SSSR count). The lowest BCUT2D eigenvalue weighted by atomic mass is 10.0. The number of nitrogens with one attached hydrogen (secondary N) is 1. The molecule has 0 saturated carbocycles. The van der Waals surface area contributed by atoms with Gasteiger partial charge in [-0.2, -0.15) is 13.2 Å². The lowest BCUT2D eigenvalue weighted by Gasteiger charge is -2.29. The minimum absolute atomic E-state index is 0.205. The average molecular weight is 557 g/mol. The van der Waals surface area contributed by atoms with Gasteiger partial charge in [-0.3, -0.25) is 9.59 Å². The predicted molar refractivity (Wildman–Crippen MR) is 139 cm³/mol. The van der Waals surface area contributed by atoms with Crippen LogP contribution in [0.2, 0.25) is 0 Å². The lowest BCUT2D eigenvalue weighted by Crippen LogP contribution is -2.52. The van der Waals surface area contributed by atoms with Gasteiger partial charge in [0, 0.05) is 13.6 Å². The van der Waals surface area contributed by atoms with E-state index < -0.39 is 24.2 Å². The van der Waals surface area contributed by atoms with E-state index in [1.165, 1.54) is 17.0 Å². The molecule has 8 nitrogen and oxygen atoms in total. The summed E-state index contributed by atoms with van der Waals surface area (Å²) in [5.74, 6) is -3.47. The first-order valence-corrected chi connectivity index (χ1v) is 12.4. The van der Waals surface area contributed by atoms with Gasteiger partial charge in [0.05, 0.1) is 6.04 Å². The van der Waals surface area contributed by atoms with Crippen molar-refractivity contribution in [3.05, 3.63) is 71.5 Å². The Labute approximate surface area is 225 Å². The molecule has 2 amide bonds. The Kier molecular flexibility index (Phi) is 14.7. The number of nitrogens with zero attached hydrogens (tertiary/aromatic N) is 1. The highest BCUT2D eigenvalue weighted by molar-refractivity contribution is 5.89. The van der Waals surface area contributed by atoms with Gasteiger partial charge in [0.15, 0.2) is 0 Å². The Bertz CT molecular complexity index is 1020. The molecule has 216 valence electrons. The van der Waals surface area contributed by atoms with Crippen LogP contribution < -0.4 is 16.8 Å². The molecule has 39 heavy (non-hydrogen) atoms. The monoisotopic (exact) mass is 556 g/mol. The smallest absolute Gasteiger partial charge is 0.475 e. The fourth-order valence-corrected chi connectivity index (χ4v) is 3.59. The van der Waals surface area contributed by atoms with Crippen LogP contribution in [0, 0.1) is 5.82 Å². The molecule has 0 unspecified atom stereocenters. The Morgan fingerprint density at radius 2 is 1.51 bits per heavy atom. The Morgan fingerprint density at radius 3 is 2.05 bits per heavy atom. The number of nitrogens with two attached hydrogens (primary N) is 2. The number of amides is 2. The second-order valence-electron chi connectivity index (χ2n) is 8.85. The number of hydrogen-bond acceptors (Lipinski definition) is 5. The van der Waals surface area contributed by atoms with Gasteiger partial charge in [-0.05, 0) is 68.3 Å². The van der Waals surface area contributed by atoms with Crippen LogP contribution in [0.4, 0.5) is 17.6 Å². The van der Waals surface area contributed by atoms with Crippen molar-refractivity contribution >= 4 is 17.8 Å². The number of aliphatic carboxylic acids is 1. The molecule has 0 fully saturated rings. The third-order valence-electron chi connectivity index (χ3n) is 5.80. The summed E-state index contributed by atoms with van der Waals surface area (Å²) in [6.07, 6.45) is -1.32. The summed E-state index contributed by atoms with van der Waals surface area (Å²) in [6, 6.07) is 14.9. The molecule has 12 heteroatoms. The van der Waals surface area contributed by atoms with Crippen LogP contribution >= 0.6 is 0 Å². The van der Waals surface area contributed by atoms with Crippen LogP contribution in [0.15, 0.2) is 54.6 Å². The highest BCUT2D eigenvalue weighted by Crippen LogP contribution is 2.13. The lowest BCUT2D eigenvalue weighted by molar-refractivity contribution is -0.192. The largest absolute Gasteiger partial charge is 0.490 e. The molecule has 0 bridgehead atoms. The highest BCUT2D eigenvalue weighted by atomic mass is 19.4. The maximum atomic E-state index is 13.0. The number of hydrogen-bond donors (Lipinski definition) is 4. The summed E-state index contributed by atoms with van der Waals surface area (Å²) in [7, 11) is 1.63. The minimum atomic E-state index is -5.08. The van der Waals surface area contributed by atoms with Crippen LogP contribution in [0.25, 0.3) is 0 Å². The third-order valence-corrected chi connectivity index (χ3v) is 5.80. The average Bonchev–Trinajstić information content (AvgIpc) is 2.90. The SMILES string of the molecule is CN(C(=O)[C@@H](N)CCc1ccccc1)[C@@H](CCCN)C(=O)NCCCc1ccc(F)cc1.O=C(O)C(F)(F)F. The molecular formula is C27H36F4N4O4. The minimum Gasteiger partial charge on any atom is -0.475 e. The van der Waals surface area contributed by atoms with Gasteiger partial charge >= 0.3 is 12.1 Å². The van der Waals surface area contributed by atoms with Crippen molar-refractivity contribution in [2.45, 2.75) is 56.8 Å². The summed E-state index contributed by atoms with van der Waals surface area (Å²) >= 11 is 0. The van der Waals surface area contributed by atoms with Crippen LogP contribution in [0.5, 0.6) is 0 Å². The highest BCUT2D eigenvalue weighted by Gasteiger charge is 2.38. The molecule has 0 radical (unpaired) electrons. The van der Waals surface area contributed by atoms with E-state index in [2.05, 4.69) is 5.32 Å². The Balaban J connectivity index is 0.000000956. The molecule has 0 saturated heterocycles. The fraction of sp³-hybridized carbons (Fsp3) is 0.444. The number of carbonyl (C=O) groups excluding carboxylic acids is 2. The van der Waals surface area contributed by atoms with E-state index in [9.17, 15) is 27.2 Å². The summed E-state index contributed by atoms with van der Waals surface area (Å²) < 4.78 is 44.7. The van der Waals surface area contributed by atoms with Crippen molar-refractivity contribution in [1.82, 2.24) is 10.2 Å². The molecule has 0 spiro atoms. The second-order valence-corrected chi connectivity index (χ2v) is 8.85. The van der Waals surface area contributed by atoms with Gasteiger partial charge < -0.3 is 26.8 Å². The number of aryl methyl sites for hydroxylation is 2. The standard InChI is InChI=1S/C25H35FN4O2.C2HF3O2/c1-30(25(32)22(28)16-13-19-7-3-2-4-8-19)23(10-5-17-27)24(31)29-18-6-9-20-11-14-21(26)15-12-20;3-2(4,5)1(6)7/h2-4,7-8,11-12,14-15,22-23H,5-6,9-10,13,16-18,27-28H2,1H3,(H,29,31);(H,6,7)/t22-,23-;/m0./s1. The predicted octanol–water partition coefficient (Wildman–Crippen LogP) is 3.03. The zero-order valence-corrected chi connectivity index (χ0v) is 21.8. The molecule has 6 N–H and O–H groups in total. The van der Waals surface area contributed by atoms with E-state index in [-0.39, 0.29) is 17.6 Å². The van der Waals surface area contributed by atoms with Gasteiger partial charge in [-0.15, -0.1) is 0 Å². The second kappa shape index (κ2) is 17.2. The fourth-order valence-electron chi connectivity index (χ4n) is 3.59. The molecule has 2 aromatic carbocycles. The van der Waals surface area contributed by atoms with Gasteiger partial charge in [-0.1, -0.05) is 42.5 Å². The number of alkyl halides is 3. The van der Waals surface area contributed by atoms with E-state index in [1.807, 2.05) is 30.3 Å². The van der Waals surface area contributed by atoms with Gasteiger partial charge in [0.1, 0.15) is 11.9 Å². The van der Waals surface area contributed by atoms with Crippen molar-refractivity contribution in [1.29, 1.82) is 0 Å². The quantitative estimate of drug-likeness (QED) is 0.221. The van der Waals surface area contributed by atoms with Crippen LogP contribution in [0.3, 0.4) is 0 Å². The van der Waals surface area contributed by atoms with Crippen LogP contribution in [0.1, 0.15) is 36.8 Å². The third kappa shape index (κ3) is 13.2. The van der Waals surface area contributed by atoms with Gasteiger partial charge in [0.2, 0.25) is 11.8 Å². The molecule has 0 aliphatic heterocycles. The molecule has 0 aliphatic carbocycles. The van der Waals surface area contributed by atoms with E-state index in [0.717, 1.165) is 24.0 Å². The normalized spacial score (nSPS) is 12.5. The van der Waals surface area contributed by atoms with Crippen LogP contribution in [-0.2, 0) is 27.2 Å². The molecule has 2 aromatic rings. The molecule has 2 atom stereocenters. The number of carbonyl (C=O) groups is 3. The van der Waals surface area contributed by atoms with Crippen molar-refractivity contribution in [3.63, 3.8) is 0 Å². The molecule has 0 aromatic heterocycles. The Morgan fingerprint density at radius 1 is 0.949 bits per heavy atom. The van der Waals surface area contributed by atoms with Crippen molar-refractivity contribution in [2.24, 2.45) is 11.5 Å². The maximum absolute atomic E-state index is 13.0. The summed E-state index contributed by atoms with van der Waals surface area (Å²) in [5, 5.41) is 10.0. The first-order valence-electron chi connectivity index (χ1n) is 12.4. The van der Waals surface area contributed by atoms with E-state index >= 15 is 0 Å². The Hall–Kier alpha value is -3.51. The van der Waals surface area contributed by atoms with E-state index in [4.69, 9.17) is 21.4 Å². The first kappa shape index (κ1) is 33.5. The zero-order valence-electron chi connectivity index (χ0n) is 21.8. The van der Waals surface area contributed by atoms with Crippen molar-refractivity contribution in [2.75, 3.05) is 20.1 Å². The summed E-state index contributed by atoms with van der Waals surface area (Å²) in [6.45, 7) is 0.911. The summed E-state index contributed by atoms with van der Waals surface area (Å²) in [4.78, 5) is 36.0. The van der Waals surface area contributed by atoms with Crippen molar-refractivity contribution < 1.29 is 37.1 Å². The topological polar surface area (TPSA) is 139 Å². The van der Waals surface area contributed by atoms with E-state index in [1.54, 1.807) is 19.2 Å². The van der Waals surface area contributed by atoms with Gasteiger partial charge in [-0.25, -0.2) is 9.18 Å². The number of carboxylic acid groups (broad SMARTS) is 1. The molecule has 0 aliphatic rings. The zero-order chi connectivity index (χ0) is 29.4. The van der Waals surface area contributed by atoms with Gasteiger partial charge in [0.25, 0.3) is 0 Å². The summed E-state index contributed by atoms with van der Waals surface area (Å²) in [5.41, 5.74) is 13.9. The van der Waals surface area contributed by atoms with Crippen LogP contribution in [-0.4, -0.2) is 66.2 Å². The number of benzene rings is 2.